The molecule has 0 bridgehead atoms. The summed E-state index contributed by atoms with van der Waals surface area (Å²) in [4.78, 5) is 13.2. The number of Topliss-reactive ketones (excluding diaryl/α,β-unsaturated/α-hetero) is 1. The molecule has 0 aromatic heterocycles. The molecule has 3 aromatic rings. The first-order valence-electron chi connectivity index (χ1n) is 9.16. The number of rotatable bonds is 8. The molecule has 3 aromatic carbocycles. The van der Waals surface area contributed by atoms with Gasteiger partial charge in [0, 0.05) is 13.0 Å². The molecule has 0 unspecified atom stereocenters. The van der Waals surface area contributed by atoms with E-state index in [0.29, 0.717) is 0 Å². The fraction of sp³-hybridized carbons (Fsp3) is 0.174. The number of hydrogen-bond donors (Lipinski definition) is 1. The predicted molar refractivity (Wildman–Crippen MR) is 111 cm³/mol. The molecule has 28 heavy (non-hydrogen) atoms. The largest absolute Gasteiger partial charge is 0.299 e. The van der Waals surface area contributed by atoms with Crippen LogP contribution >= 0.6 is 0 Å². The van der Waals surface area contributed by atoms with Crippen LogP contribution in [0.4, 0.5) is 0 Å². The van der Waals surface area contributed by atoms with Crippen LogP contribution in [0.1, 0.15) is 29.0 Å². The van der Waals surface area contributed by atoms with Crippen LogP contribution in [0.25, 0.3) is 0 Å². The van der Waals surface area contributed by atoms with Crippen molar-refractivity contribution in [3.8, 4) is 0 Å². The zero-order valence-corrected chi connectivity index (χ0v) is 16.5. The van der Waals surface area contributed by atoms with Gasteiger partial charge in [0.2, 0.25) is 10.0 Å². The predicted octanol–water partition coefficient (Wildman–Crippen LogP) is 4.06. The van der Waals surface area contributed by atoms with Gasteiger partial charge in [-0.1, -0.05) is 78.4 Å². The first-order chi connectivity index (χ1) is 13.5. The third-order valence-corrected chi connectivity index (χ3v) is 6.06. The number of benzene rings is 3. The summed E-state index contributed by atoms with van der Waals surface area (Å²) in [7, 11) is -3.63. The highest BCUT2D eigenvalue weighted by molar-refractivity contribution is 7.89. The maximum Gasteiger partial charge on any atom is 0.240 e. The van der Waals surface area contributed by atoms with Crippen LogP contribution in [-0.4, -0.2) is 20.7 Å². The standard InChI is InChI=1S/C23H23NO3S/c1-18-12-14-21(15-13-18)28(26,27)24-17-16-22(25)23(19-8-4-2-5-9-19)20-10-6-3-7-11-20/h2-15,23-24H,16-17H2,1H3. The molecule has 3 rings (SSSR count). The normalized spacial score (nSPS) is 11.5. The van der Waals surface area contributed by atoms with Gasteiger partial charge >= 0.3 is 0 Å². The van der Waals surface area contributed by atoms with Gasteiger partial charge in [-0.25, -0.2) is 13.1 Å². The summed E-state index contributed by atoms with van der Waals surface area (Å²) in [6, 6.07) is 25.7. The lowest BCUT2D eigenvalue weighted by Crippen LogP contribution is -2.27. The quantitative estimate of drug-likeness (QED) is 0.628. The number of carbonyl (C=O) groups excluding carboxylic acids is 1. The zero-order valence-electron chi connectivity index (χ0n) is 15.7. The summed E-state index contributed by atoms with van der Waals surface area (Å²) in [5.74, 6) is -0.435. The summed E-state index contributed by atoms with van der Waals surface area (Å²) < 4.78 is 27.4. The smallest absolute Gasteiger partial charge is 0.240 e. The van der Waals surface area contributed by atoms with E-state index in [9.17, 15) is 13.2 Å². The average molecular weight is 394 g/mol. The van der Waals surface area contributed by atoms with E-state index in [4.69, 9.17) is 0 Å². The number of ketones is 1. The van der Waals surface area contributed by atoms with Gasteiger partial charge in [0.25, 0.3) is 0 Å². The van der Waals surface area contributed by atoms with Crippen molar-refractivity contribution >= 4 is 15.8 Å². The SMILES string of the molecule is Cc1ccc(S(=O)(=O)NCCC(=O)C(c2ccccc2)c2ccccc2)cc1. The van der Waals surface area contributed by atoms with Gasteiger partial charge in [0.05, 0.1) is 10.8 Å². The van der Waals surface area contributed by atoms with Crippen LogP contribution in [0, 0.1) is 6.92 Å². The fourth-order valence-corrected chi connectivity index (χ4v) is 4.14. The third kappa shape index (κ3) is 4.94. The summed E-state index contributed by atoms with van der Waals surface area (Å²) in [6.07, 6.45) is 0.111. The third-order valence-electron chi connectivity index (χ3n) is 4.58. The molecule has 4 nitrogen and oxygen atoms in total. The summed E-state index contributed by atoms with van der Waals surface area (Å²) in [5.41, 5.74) is 2.79. The second-order valence-electron chi connectivity index (χ2n) is 6.68. The topological polar surface area (TPSA) is 63.2 Å². The minimum Gasteiger partial charge on any atom is -0.299 e. The molecule has 0 fully saturated rings. The van der Waals surface area contributed by atoms with Gasteiger partial charge in [0.15, 0.2) is 0 Å². The van der Waals surface area contributed by atoms with Gasteiger partial charge in [-0.05, 0) is 30.2 Å². The highest BCUT2D eigenvalue weighted by atomic mass is 32.2. The minimum atomic E-state index is -3.63. The van der Waals surface area contributed by atoms with Crippen molar-refractivity contribution in [1.82, 2.24) is 4.72 Å². The van der Waals surface area contributed by atoms with E-state index in [1.54, 1.807) is 24.3 Å². The van der Waals surface area contributed by atoms with E-state index >= 15 is 0 Å². The Bertz CT molecular complexity index is 975. The van der Waals surface area contributed by atoms with Crippen molar-refractivity contribution < 1.29 is 13.2 Å². The molecule has 144 valence electrons. The minimum absolute atomic E-state index is 0.0241. The molecular formula is C23H23NO3S. The van der Waals surface area contributed by atoms with E-state index < -0.39 is 15.9 Å². The second kappa shape index (κ2) is 8.95. The van der Waals surface area contributed by atoms with Crippen LogP contribution in [0.3, 0.4) is 0 Å². The first-order valence-corrected chi connectivity index (χ1v) is 10.6. The molecule has 1 N–H and O–H groups in total. The molecule has 5 heteroatoms. The highest BCUT2D eigenvalue weighted by Gasteiger charge is 2.23. The van der Waals surface area contributed by atoms with E-state index in [2.05, 4.69) is 4.72 Å². The molecule has 0 saturated heterocycles. The molecule has 0 aliphatic rings. The molecule has 0 aliphatic carbocycles. The Balaban J connectivity index is 1.72. The van der Waals surface area contributed by atoms with Gasteiger partial charge in [-0.2, -0.15) is 0 Å². The Morgan fingerprint density at radius 1 is 0.821 bits per heavy atom. The van der Waals surface area contributed by atoms with E-state index in [1.807, 2.05) is 67.6 Å². The van der Waals surface area contributed by atoms with Gasteiger partial charge in [0.1, 0.15) is 5.78 Å². The Morgan fingerprint density at radius 2 is 1.32 bits per heavy atom. The van der Waals surface area contributed by atoms with Crippen molar-refractivity contribution in [2.24, 2.45) is 0 Å². The Morgan fingerprint density at radius 3 is 1.82 bits per heavy atom. The van der Waals surface area contributed by atoms with Crippen molar-refractivity contribution in [1.29, 1.82) is 0 Å². The van der Waals surface area contributed by atoms with Crippen molar-refractivity contribution in [2.45, 2.75) is 24.2 Å². The maximum atomic E-state index is 13.0. The van der Waals surface area contributed by atoms with Crippen molar-refractivity contribution in [2.75, 3.05) is 6.54 Å². The fourth-order valence-electron chi connectivity index (χ4n) is 3.11. The van der Waals surface area contributed by atoms with Gasteiger partial charge in [-0.15, -0.1) is 0 Å². The van der Waals surface area contributed by atoms with Crippen LogP contribution in [-0.2, 0) is 14.8 Å². The Kier molecular flexibility index (Phi) is 6.39. The Labute approximate surface area is 166 Å². The lowest BCUT2D eigenvalue weighted by molar-refractivity contribution is -0.119. The molecule has 0 aliphatic heterocycles. The molecular weight excluding hydrogens is 370 g/mol. The number of carbonyl (C=O) groups is 1. The molecule has 0 atom stereocenters. The zero-order chi connectivity index (χ0) is 20.0. The van der Waals surface area contributed by atoms with E-state index in [0.717, 1.165) is 16.7 Å². The van der Waals surface area contributed by atoms with Gasteiger partial charge < -0.3 is 0 Å². The molecule has 0 radical (unpaired) electrons. The molecule has 0 saturated carbocycles. The second-order valence-corrected chi connectivity index (χ2v) is 8.45. The van der Waals surface area contributed by atoms with Crippen molar-refractivity contribution in [3.05, 3.63) is 102 Å². The summed E-state index contributed by atoms with van der Waals surface area (Å²) in [6.45, 7) is 1.96. The molecule has 0 amide bonds. The summed E-state index contributed by atoms with van der Waals surface area (Å²) >= 11 is 0. The number of sulfonamides is 1. The first kappa shape index (κ1) is 20.0. The van der Waals surface area contributed by atoms with Crippen LogP contribution in [0.15, 0.2) is 89.8 Å². The Hall–Kier alpha value is -2.76. The van der Waals surface area contributed by atoms with Crippen LogP contribution in [0.5, 0.6) is 0 Å². The number of nitrogens with one attached hydrogen (secondary N) is 1. The number of aryl methyl sites for hydroxylation is 1. The lowest BCUT2D eigenvalue weighted by atomic mass is 9.86. The van der Waals surface area contributed by atoms with Crippen molar-refractivity contribution in [3.63, 3.8) is 0 Å². The van der Waals surface area contributed by atoms with E-state index in [1.165, 1.54) is 0 Å². The highest BCUT2D eigenvalue weighted by Crippen LogP contribution is 2.26. The molecule has 0 spiro atoms. The monoisotopic (exact) mass is 393 g/mol. The van der Waals surface area contributed by atoms with Gasteiger partial charge in [-0.3, -0.25) is 4.79 Å². The number of hydrogen-bond acceptors (Lipinski definition) is 3. The van der Waals surface area contributed by atoms with Crippen LogP contribution < -0.4 is 4.72 Å². The lowest BCUT2D eigenvalue weighted by Gasteiger charge is -2.17. The average Bonchev–Trinajstić information content (AvgIpc) is 2.70. The van der Waals surface area contributed by atoms with E-state index in [-0.39, 0.29) is 23.6 Å². The molecule has 0 heterocycles. The van der Waals surface area contributed by atoms with Crippen LogP contribution in [0.2, 0.25) is 0 Å². The maximum absolute atomic E-state index is 13.0. The summed E-state index contributed by atoms with van der Waals surface area (Å²) in [5, 5.41) is 0.